The molecule has 0 saturated heterocycles. The van der Waals surface area contributed by atoms with Crippen LogP contribution in [0.2, 0.25) is 0 Å². The van der Waals surface area contributed by atoms with Gasteiger partial charge in [0.05, 0.1) is 12.5 Å². The van der Waals surface area contributed by atoms with Crippen LogP contribution in [-0.4, -0.2) is 47.9 Å². The van der Waals surface area contributed by atoms with Gasteiger partial charge in [0.1, 0.15) is 0 Å². The third kappa shape index (κ3) is 5.66. The summed E-state index contributed by atoms with van der Waals surface area (Å²) >= 11 is 0. The van der Waals surface area contributed by atoms with Crippen LogP contribution in [0.15, 0.2) is 0 Å². The van der Waals surface area contributed by atoms with Crippen LogP contribution in [0, 0.1) is 5.92 Å². The lowest BCUT2D eigenvalue weighted by molar-refractivity contribution is -0.141. The minimum atomic E-state index is -0.963. The molecule has 6 nitrogen and oxygen atoms in total. The first-order valence-corrected chi connectivity index (χ1v) is 4.55. The van der Waals surface area contributed by atoms with Crippen molar-refractivity contribution in [3.8, 4) is 0 Å². The number of carboxylic acids is 1. The van der Waals surface area contributed by atoms with E-state index >= 15 is 0 Å². The average molecular weight is 216 g/mol. The van der Waals surface area contributed by atoms with Gasteiger partial charge in [-0.05, 0) is 0 Å². The smallest absolute Gasteiger partial charge is 0.308 e. The Morgan fingerprint density at radius 3 is 2.33 bits per heavy atom. The fraction of sp³-hybridized carbons (Fsp3) is 0.667. The van der Waals surface area contributed by atoms with E-state index in [1.807, 2.05) is 0 Å². The predicted molar refractivity (Wildman–Crippen MR) is 53.1 cm³/mol. The summed E-state index contributed by atoms with van der Waals surface area (Å²) in [7, 11) is 1.50. The van der Waals surface area contributed by atoms with Gasteiger partial charge in [0.15, 0.2) is 0 Å². The third-order valence-corrected chi connectivity index (χ3v) is 1.95. The molecule has 0 aromatic carbocycles. The van der Waals surface area contributed by atoms with E-state index in [1.165, 1.54) is 25.8 Å². The Morgan fingerprint density at radius 1 is 1.40 bits per heavy atom. The maximum absolute atomic E-state index is 11.2. The quantitative estimate of drug-likeness (QED) is 0.636. The number of hydrogen-bond acceptors (Lipinski definition) is 3. The Balaban J connectivity index is 3.85. The van der Waals surface area contributed by atoms with Crippen LogP contribution in [0.1, 0.15) is 13.8 Å². The highest BCUT2D eigenvalue weighted by Gasteiger charge is 2.13. The minimum absolute atomic E-state index is 0.0539. The molecule has 0 aliphatic rings. The lowest BCUT2D eigenvalue weighted by Crippen LogP contribution is -2.39. The number of aliphatic carboxylic acids is 1. The van der Waals surface area contributed by atoms with E-state index in [9.17, 15) is 14.4 Å². The molecule has 6 heteroatoms. The van der Waals surface area contributed by atoms with Crippen molar-refractivity contribution in [1.82, 2.24) is 10.2 Å². The monoisotopic (exact) mass is 216 g/mol. The van der Waals surface area contributed by atoms with Crippen LogP contribution in [0.3, 0.4) is 0 Å². The minimum Gasteiger partial charge on any atom is -0.481 e. The van der Waals surface area contributed by atoms with Crippen molar-refractivity contribution in [2.45, 2.75) is 13.8 Å². The first-order chi connectivity index (χ1) is 6.84. The van der Waals surface area contributed by atoms with Gasteiger partial charge in [-0.3, -0.25) is 14.4 Å². The molecule has 0 fully saturated rings. The van der Waals surface area contributed by atoms with E-state index in [-0.39, 0.29) is 24.9 Å². The first kappa shape index (κ1) is 13.4. The number of nitrogens with one attached hydrogen (secondary N) is 1. The van der Waals surface area contributed by atoms with E-state index in [0.717, 1.165) is 0 Å². The Hall–Kier alpha value is -1.59. The second-order valence-electron chi connectivity index (χ2n) is 3.42. The fourth-order valence-corrected chi connectivity index (χ4v) is 0.737. The van der Waals surface area contributed by atoms with Crippen molar-refractivity contribution >= 4 is 17.8 Å². The van der Waals surface area contributed by atoms with E-state index in [2.05, 4.69) is 5.32 Å². The summed E-state index contributed by atoms with van der Waals surface area (Å²) in [5.74, 6) is -2.16. The lowest BCUT2D eigenvalue weighted by Gasteiger charge is -2.15. The topological polar surface area (TPSA) is 86.7 Å². The van der Waals surface area contributed by atoms with Gasteiger partial charge in [-0.2, -0.15) is 0 Å². The molecule has 0 rings (SSSR count). The number of likely N-dealkylation sites (N-methyl/N-ethyl adjacent to an activating group) is 1. The highest BCUT2D eigenvalue weighted by atomic mass is 16.4. The SMILES string of the molecule is CC(=O)N(C)CC(=O)NCC(C)C(=O)O. The van der Waals surface area contributed by atoms with E-state index in [4.69, 9.17) is 5.11 Å². The number of hydrogen-bond donors (Lipinski definition) is 2. The van der Waals surface area contributed by atoms with E-state index in [0.29, 0.717) is 0 Å². The Labute approximate surface area is 88.2 Å². The molecule has 0 radical (unpaired) electrons. The number of carbonyl (C=O) groups is 3. The molecular formula is C9H16N2O4. The molecule has 0 aromatic rings. The number of rotatable bonds is 5. The molecule has 1 unspecified atom stereocenters. The Morgan fingerprint density at radius 2 is 1.93 bits per heavy atom. The van der Waals surface area contributed by atoms with Crippen molar-refractivity contribution in [3.05, 3.63) is 0 Å². The van der Waals surface area contributed by atoms with Gasteiger partial charge in [0, 0.05) is 20.5 Å². The third-order valence-electron chi connectivity index (χ3n) is 1.95. The molecule has 0 spiro atoms. The van der Waals surface area contributed by atoms with Gasteiger partial charge in [-0.15, -0.1) is 0 Å². The summed E-state index contributed by atoms with van der Waals surface area (Å²) in [4.78, 5) is 33.6. The molecule has 2 N–H and O–H groups in total. The van der Waals surface area contributed by atoms with Crippen LogP contribution >= 0.6 is 0 Å². The summed E-state index contributed by atoms with van der Waals surface area (Å²) in [6, 6.07) is 0. The highest BCUT2D eigenvalue weighted by molar-refractivity contribution is 5.83. The molecule has 1 atom stereocenters. The van der Waals surface area contributed by atoms with Crippen molar-refractivity contribution in [1.29, 1.82) is 0 Å². The standard InChI is InChI=1S/C9H16N2O4/c1-6(9(14)15)4-10-8(13)5-11(3)7(2)12/h6H,4-5H2,1-3H3,(H,10,13)(H,14,15). The lowest BCUT2D eigenvalue weighted by atomic mass is 10.2. The van der Waals surface area contributed by atoms with Gasteiger partial charge in [0.25, 0.3) is 0 Å². The number of carbonyl (C=O) groups excluding carboxylic acids is 2. The van der Waals surface area contributed by atoms with Gasteiger partial charge < -0.3 is 15.3 Å². The number of nitrogens with zero attached hydrogens (tertiary/aromatic N) is 1. The average Bonchev–Trinajstić information content (AvgIpc) is 2.13. The largest absolute Gasteiger partial charge is 0.481 e. The highest BCUT2D eigenvalue weighted by Crippen LogP contribution is 1.91. The zero-order valence-corrected chi connectivity index (χ0v) is 9.11. The second-order valence-corrected chi connectivity index (χ2v) is 3.42. The van der Waals surface area contributed by atoms with Gasteiger partial charge >= 0.3 is 5.97 Å². The van der Waals surface area contributed by atoms with Crippen LogP contribution in [0.4, 0.5) is 0 Å². The summed E-state index contributed by atoms with van der Waals surface area (Å²) < 4.78 is 0. The van der Waals surface area contributed by atoms with Crippen molar-refractivity contribution in [3.63, 3.8) is 0 Å². The number of amides is 2. The van der Waals surface area contributed by atoms with Crippen molar-refractivity contribution in [2.75, 3.05) is 20.1 Å². The zero-order valence-electron chi connectivity index (χ0n) is 9.11. The molecular weight excluding hydrogens is 200 g/mol. The molecule has 0 saturated carbocycles. The summed E-state index contributed by atoms with van der Waals surface area (Å²) in [5.41, 5.74) is 0. The zero-order chi connectivity index (χ0) is 12.0. The molecule has 15 heavy (non-hydrogen) atoms. The molecule has 0 aliphatic carbocycles. The maximum Gasteiger partial charge on any atom is 0.308 e. The predicted octanol–water partition coefficient (Wildman–Crippen LogP) is -0.698. The molecule has 0 bridgehead atoms. The normalized spacial score (nSPS) is 11.7. The summed E-state index contributed by atoms with van der Waals surface area (Å²) in [5, 5.41) is 11.0. The summed E-state index contributed by atoms with van der Waals surface area (Å²) in [6.45, 7) is 2.87. The van der Waals surface area contributed by atoms with E-state index in [1.54, 1.807) is 0 Å². The van der Waals surface area contributed by atoms with Gasteiger partial charge in [-0.1, -0.05) is 6.92 Å². The van der Waals surface area contributed by atoms with Crippen LogP contribution in [-0.2, 0) is 14.4 Å². The summed E-state index contributed by atoms with van der Waals surface area (Å²) in [6.07, 6.45) is 0. The van der Waals surface area contributed by atoms with Crippen LogP contribution in [0.25, 0.3) is 0 Å². The Bertz CT molecular complexity index is 265. The number of carboxylic acid groups (broad SMARTS) is 1. The molecule has 0 heterocycles. The van der Waals surface area contributed by atoms with E-state index < -0.39 is 11.9 Å². The second kappa shape index (κ2) is 6.00. The molecule has 2 amide bonds. The van der Waals surface area contributed by atoms with Crippen LogP contribution in [0.5, 0.6) is 0 Å². The van der Waals surface area contributed by atoms with Crippen molar-refractivity contribution < 1.29 is 19.5 Å². The first-order valence-electron chi connectivity index (χ1n) is 4.55. The molecule has 86 valence electrons. The Kier molecular flexibility index (Phi) is 5.36. The molecule has 0 aliphatic heterocycles. The maximum atomic E-state index is 11.2. The van der Waals surface area contributed by atoms with Crippen LogP contribution < -0.4 is 5.32 Å². The van der Waals surface area contributed by atoms with Gasteiger partial charge in [0.2, 0.25) is 11.8 Å². The fourth-order valence-electron chi connectivity index (χ4n) is 0.737. The molecule has 0 aromatic heterocycles. The van der Waals surface area contributed by atoms with Crippen molar-refractivity contribution in [2.24, 2.45) is 5.92 Å². The van der Waals surface area contributed by atoms with Gasteiger partial charge in [-0.25, -0.2) is 0 Å².